The minimum atomic E-state index is -1.73. The van der Waals surface area contributed by atoms with Crippen molar-refractivity contribution in [2.24, 2.45) is 0 Å². The Bertz CT molecular complexity index is 595. The van der Waals surface area contributed by atoms with Crippen molar-refractivity contribution < 1.29 is 9.53 Å². The average molecular weight is 325 g/mol. The van der Waals surface area contributed by atoms with Gasteiger partial charge in [0, 0.05) is 0 Å². The van der Waals surface area contributed by atoms with Gasteiger partial charge in [-0.25, -0.2) is 0 Å². The summed E-state index contributed by atoms with van der Waals surface area (Å²) in [7, 11) is -0.274. The third kappa shape index (κ3) is 3.38. The maximum Gasteiger partial charge on any atom is 0.319 e. The number of esters is 1. The first-order valence-corrected chi connectivity index (χ1v) is 10.6. The van der Waals surface area contributed by atoms with E-state index in [1.807, 2.05) is 0 Å². The molecule has 120 valence electrons. The van der Waals surface area contributed by atoms with E-state index in [1.54, 1.807) is 0 Å². The minimum Gasteiger partial charge on any atom is -0.468 e. The normalized spacial score (nSPS) is 17.6. The van der Waals surface area contributed by atoms with E-state index < -0.39 is 8.07 Å². The van der Waals surface area contributed by atoms with Crippen LogP contribution in [0.4, 0.5) is 0 Å². The molecular formula is C19H23NO2Si. The minimum absolute atomic E-state index is 0.140. The molecule has 1 aliphatic rings. The van der Waals surface area contributed by atoms with E-state index in [0.717, 1.165) is 25.2 Å². The Hall–Kier alpha value is -1.91. The summed E-state index contributed by atoms with van der Waals surface area (Å²) < 4.78 is 4.80. The third-order valence-corrected chi connectivity index (χ3v) is 9.97. The molecule has 0 radical (unpaired) electrons. The molecule has 0 amide bonds. The topological polar surface area (TPSA) is 29.5 Å². The fourth-order valence-corrected chi connectivity index (χ4v) is 8.39. The van der Waals surface area contributed by atoms with Gasteiger partial charge in [-0.2, -0.15) is 0 Å². The number of carbonyl (C=O) groups is 1. The van der Waals surface area contributed by atoms with Crippen molar-refractivity contribution in [2.75, 3.05) is 26.7 Å². The summed E-state index contributed by atoms with van der Waals surface area (Å²) >= 11 is 0. The van der Waals surface area contributed by atoms with Crippen molar-refractivity contribution in [3.8, 4) is 0 Å². The van der Waals surface area contributed by atoms with Crippen LogP contribution in [0.25, 0.3) is 0 Å². The Morgan fingerprint density at radius 3 is 1.87 bits per heavy atom. The monoisotopic (exact) mass is 325 g/mol. The molecule has 23 heavy (non-hydrogen) atoms. The van der Waals surface area contributed by atoms with Crippen LogP contribution >= 0.6 is 0 Å². The molecule has 0 aliphatic carbocycles. The van der Waals surface area contributed by atoms with Gasteiger partial charge in [0.2, 0.25) is 0 Å². The highest BCUT2D eigenvalue weighted by atomic mass is 28.3. The van der Waals surface area contributed by atoms with Gasteiger partial charge >= 0.3 is 5.97 Å². The van der Waals surface area contributed by atoms with Crippen LogP contribution in [-0.2, 0) is 9.53 Å². The number of carbonyl (C=O) groups excluding carboxylic acids is 1. The Kier molecular flexibility index (Phi) is 4.93. The van der Waals surface area contributed by atoms with Gasteiger partial charge in [-0.15, -0.1) is 0 Å². The zero-order chi connectivity index (χ0) is 16.1. The summed E-state index contributed by atoms with van der Waals surface area (Å²) in [6.07, 6.45) is 0. The highest BCUT2D eigenvalue weighted by Gasteiger charge is 2.40. The summed E-state index contributed by atoms with van der Waals surface area (Å²) in [5, 5.41) is 3.01. The molecule has 2 aromatic rings. The van der Waals surface area contributed by atoms with E-state index in [9.17, 15) is 4.79 Å². The Balaban J connectivity index is 1.87. The van der Waals surface area contributed by atoms with Crippen molar-refractivity contribution in [3.05, 3.63) is 60.7 Å². The lowest BCUT2D eigenvalue weighted by atomic mass is 10.4. The molecule has 1 fully saturated rings. The van der Waals surface area contributed by atoms with Crippen LogP contribution in [0.15, 0.2) is 60.7 Å². The molecule has 3 nitrogen and oxygen atoms in total. The van der Waals surface area contributed by atoms with Crippen LogP contribution in [0.5, 0.6) is 0 Å². The number of benzene rings is 2. The largest absolute Gasteiger partial charge is 0.468 e. The standard InChI is InChI=1S/C19H23NO2Si/c1-22-19(21)16-20-12-14-23(15-13-20,17-8-4-2-5-9-17)18-10-6-3-7-11-18/h2-11H,12-16H2,1H3. The maximum atomic E-state index is 11.5. The molecule has 4 heteroatoms. The highest BCUT2D eigenvalue weighted by molar-refractivity contribution is 7.02. The highest BCUT2D eigenvalue weighted by Crippen LogP contribution is 2.22. The SMILES string of the molecule is COC(=O)CN1CC[Si](c2ccccc2)(c2ccccc2)CC1. The molecule has 1 saturated heterocycles. The van der Waals surface area contributed by atoms with Crippen molar-refractivity contribution in [2.45, 2.75) is 12.1 Å². The summed E-state index contributed by atoms with van der Waals surface area (Å²) in [6, 6.07) is 24.2. The molecule has 0 unspecified atom stereocenters. The van der Waals surface area contributed by atoms with E-state index in [2.05, 4.69) is 65.6 Å². The van der Waals surface area contributed by atoms with Gasteiger partial charge in [0.1, 0.15) is 8.07 Å². The number of rotatable bonds is 4. The Morgan fingerprint density at radius 1 is 0.957 bits per heavy atom. The van der Waals surface area contributed by atoms with Crippen LogP contribution in [0.3, 0.4) is 0 Å². The number of ether oxygens (including phenoxy) is 1. The van der Waals surface area contributed by atoms with Crippen LogP contribution in [0.2, 0.25) is 12.1 Å². The second kappa shape index (κ2) is 7.11. The summed E-state index contributed by atoms with van der Waals surface area (Å²) in [5.41, 5.74) is 0. The quantitative estimate of drug-likeness (QED) is 0.633. The lowest BCUT2D eigenvalue weighted by Crippen LogP contribution is -2.63. The number of methoxy groups -OCH3 is 1. The van der Waals surface area contributed by atoms with Crippen LogP contribution < -0.4 is 10.4 Å². The maximum absolute atomic E-state index is 11.5. The van der Waals surface area contributed by atoms with Crippen molar-refractivity contribution in [3.63, 3.8) is 0 Å². The predicted octanol–water partition coefficient (Wildman–Crippen LogP) is 1.74. The van der Waals surface area contributed by atoms with Gasteiger partial charge < -0.3 is 4.74 Å². The molecular weight excluding hydrogens is 302 g/mol. The molecule has 0 bridgehead atoms. The molecule has 3 rings (SSSR count). The van der Waals surface area contributed by atoms with E-state index in [0.29, 0.717) is 6.54 Å². The van der Waals surface area contributed by atoms with Crippen molar-refractivity contribution >= 4 is 24.4 Å². The molecule has 1 aliphatic heterocycles. The first-order chi connectivity index (χ1) is 11.2. The molecule has 1 heterocycles. The molecule has 0 saturated carbocycles. The summed E-state index contributed by atoms with van der Waals surface area (Å²) in [5.74, 6) is -0.140. The van der Waals surface area contributed by atoms with Gasteiger partial charge in [0.25, 0.3) is 0 Å². The van der Waals surface area contributed by atoms with Gasteiger partial charge in [-0.1, -0.05) is 71.0 Å². The molecule has 0 N–H and O–H groups in total. The lowest BCUT2D eigenvalue weighted by molar-refractivity contribution is -0.141. The fraction of sp³-hybridized carbons (Fsp3) is 0.316. The molecule has 0 atom stereocenters. The van der Waals surface area contributed by atoms with Crippen molar-refractivity contribution in [1.82, 2.24) is 4.90 Å². The van der Waals surface area contributed by atoms with Gasteiger partial charge in [-0.3, -0.25) is 9.69 Å². The van der Waals surface area contributed by atoms with Gasteiger partial charge in [0.05, 0.1) is 13.7 Å². The Labute approximate surface area is 138 Å². The van der Waals surface area contributed by atoms with Gasteiger partial charge in [0.15, 0.2) is 0 Å². The molecule has 0 aromatic heterocycles. The Morgan fingerprint density at radius 2 is 1.43 bits per heavy atom. The van der Waals surface area contributed by atoms with E-state index in [4.69, 9.17) is 4.74 Å². The molecule has 2 aromatic carbocycles. The predicted molar refractivity (Wildman–Crippen MR) is 96.0 cm³/mol. The van der Waals surface area contributed by atoms with Gasteiger partial charge in [-0.05, 0) is 25.2 Å². The fourth-order valence-electron chi connectivity index (χ4n) is 3.60. The van der Waals surface area contributed by atoms with E-state index >= 15 is 0 Å². The first kappa shape index (κ1) is 16.0. The zero-order valence-corrected chi connectivity index (χ0v) is 14.6. The number of hydrogen-bond acceptors (Lipinski definition) is 3. The van der Waals surface area contributed by atoms with Crippen molar-refractivity contribution in [1.29, 1.82) is 0 Å². The average Bonchev–Trinajstić information content (AvgIpc) is 2.64. The lowest BCUT2D eigenvalue weighted by Gasteiger charge is -2.40. The molecule has 0 spiro atoms. The van der Waals surface area contributed by atoms with Crippen LogP contribution in [0, 0.1) is 0 Å². The number of nitrogens with zero attached hydrogens (tertiary/aromatic N) is 1. The van der Waals surface area contributed by atoms with Crippen LogP contribution in [0.1, 0.15) is 0 Å². The smallest absolute Gasteiger partial charge is 0.319 e. The zero-order valence-electron chi connectivity index (χ0n) is 13.6. The van der Waals surface area contributed by atoms with Crippen LogP contribution in [-0.4, -0.2) is 45.7 Å². The number of hydrogen-bond donors (Lipinski definition) is 0. The first-order valence-electron chi connectivity index (χ1n) is 8.15. The van der Waals surface area contributed by atoms with E-state index in [1.165, 1.54) is 17.5 Å². The second-order valence-electron chi connectivity index (χ2n) is 6.17. The summed E-state index contributed by atoms with van der Waals surface area (Å²) in [6.45, 7) is 2.33. The third-order valence-electron chi connectivity index (χ3n) is 4.94. The van der Waals surface area contributed by atoms with E-state index in [-0.39, 0.29) is 5.97 Å². The second-order valence-corrected chi connectivity index (χ2v) is 10.5. The summed E-state index contributed by atoms with van der Waals surface area (Å²) in [4.78, 5) is 13.8.